The molecule has 0 aliphatic carbocycles. The lowest BCUT2D eigenvalue weighted by molar-refractivity contribution is 0.709. The molecule has 1 aliphatic heterocycles. The van der Waals surface area contributed by atoms with Crippen LogP contribution in [0.15, 0.2) is 47.3 Å². The Labute approximate surface area is 115 Å². The van der Waals surface area contributed by atoms with Crippen LogP contribution >= 0.6 is 15.9 Å². The topological polar surface area (TPSA) is 29.0 Å². The highest BCUT2D eigenvalue weighted by Crippen LogP contribution is 2.37. The molecule has 0 bridgehead atoms. The molecule has 1 fully saturated rings. The largest absolute Gasteiger partial charge is 0.349 e. The molecule has 92 valence electrons. The van der Waals surface area contributed by atoms with Crippen molar-refractivity contribution in [2.24, 2.45) is 0 Å². The average Bonchev–Trinajstić information content (AvgIpc) is 2.89. The van der Waals surface area contributed by atoms with Crippen LogP contribution in [0.1, 0.15) is 24.4 Å². The second-order valence-electron chi connectivity index (χ2n) is 4.44. The highest BCUT2D eigenvalue weighted by molar-refractivity contribution is 9.10. The summed E-state index contributed by atoms with van der Waals surface area (Å²) >= 11 is 3.59. The highest BCUT2D eigenvalue weighted by atomic mass is 79.9. The Bertz CT molecular complexity index is 530. The Balaban J connectivity index is 1.95. The van der Waals surface area contributed by atoms with E-state index < -0.39 is 0 Å². The van der Waals surface area contributed by atoms with Crippen molar-refractivity contribution in [3.63, 3.8) is 0 Å². The Morgan fingerprint density at radius 1 is 1.17 bits per heavy atom. The van der Waals surface area contributed by atoms with Gasteiger partial charge >= 0.3 is 0 Å². The molecule has 1 atom stereocenters. The fourth-order valence-electron chi connectivity index (χ4n) is 2.54. The van der Waals surface area contributed by atoms with Gasteiger partial charge in [0.1, 0.15) is 5.82 Å². The number of anilines is 1. The number of halogens is 1. The number of rotatable bonds is 2. The first kappa shape index (κ1) is 11.7. The average molecular weight is 304 g/mol. The Kier molecular flexibility index (Phi) is 3.28. The first-order chi connectivity index (χ1) is 8.86. The van der Waals surface area contributed by atoms with E-state index in [1.807, 2.05) is 30.7 Å². The predicted octanol–water partition coefficient (Wildman–Crippen LogP) is 3.58. The summed E-state index contributed by atoms with van der Waals surface area (Å²) in [5.74, 6) is 1.04. The molecular weight excluding hydrogens is 290 g/mol. The van der Waals surface area contributed by atoms with Crippen LogP contribution in [0.25, 0.3) is 0 Å². The molecule has 0 radical (unpaired) electrons. The third-order valence-corrected chi connectivity index (χ3v) is 3.97. The summed E-state index contributed by atoms with van der Waals surface area (Å²) in [6, 6.07) is 8.61. The van der Waals surface area contributed by atoms with Crippen LogP contribution in [0, 0.1) is 0 Å². The van der Waals surface area contributed by atoms with E-state index in [1.165, 1.54) is 18.4 Å². The molecule has 0 spiro atoms. The van der Waals surface area contributed by atoms with Crippen LogP contribution < -0.4 is 4.90 Å². The fourth-order valence-corrected chi connectivity index (χ4v) is 3.02. The fraction of sp³-hybridized carbons (Fsp3) is 0.286. The van der Waals surface area contributed by atoms with E-state index in [0.29, 0.717) is 6.04 Å². The second-order valence-corrected chi connectivity index (χ2v) is 5.30. The van der Waals surface area contributed by atoms with Crippen LogP contribution in [-0.2, 0) is 0 Å². The van der Waals surface area contributed by atoms with Crippen molar-refractivity contribution in [3.05, 3.63) is 52.9 Å². The zero-order chi connectivity index (χ0) is 12.4. The zero-order valence-electron chi connectivity index (χ0n) is 9.96. The molecule has 1 saturated heterocycles. The Morgan fingerprint density at radius 3 is 2.78 bits per heavy atom. The lowest BCUT2D eigenvalue weighted by atomic mass is 10.1. The molecule has 4 heteroatoms. The SMILES string of the molecule is Brc1cccnc1N1CCCC1c1ccncc1. The molecule has 1 unspecified atom stereocenters. The van der Waals surface area contributed by atoms with Crippen molar-refractivity contribution >= 4 is 21.7 Å². The normalized spacial score (nSPS) is 19.2. The van der Waals surface area contributed by atoms with E-state index in [4.69, 9.17) is 0 Å². The first-order valence-electron chi connectivity index (χ1n) is 6.13. The number of hydrogen-bond donors (Lipinski definition) is 0. The van der Waals surface area contributed by atoms with Gasteiger partial charge in [0.2, 0.25) is 0 Å². The monoisotopic (exact) mass is 303 g/mol. The van der Waals surface area contributed by atoms with Gasteiger partial charge in [-0.3, -0.25) is 4.98 Å². The summed E-state index contributed by atoms with van der Waals surface area (Å²) in [4.78, 5) is 11.0. The third-order valence-electron chi connectivity index (χ3n) is 3.35. The van der Waals surface area contributed by atoms with Crippen LogP contribution in [0.4, 0.5) is 5.82 Å². The molecule has 18 heavy (non-hydrogen) atoms. The Morgan fingerprint density at radius 2 is 2.00 bits per heavy atom. The minimum atomic E-state index is 0.416. The van der Waals surface area contributed by atoms with Gasteiger partial charge in [0.15, 0.2) is 0 Å². The summed E-state index contributed by atoms with van der Waals surface area (Å²) in [5.41, 5.74) is 1.32. The lowest BCUT2D eigenvalue weighted by Gasteiger charge is -2.26. The first-order valence-corrected chi connectivity index (χ1v) is 6.92. The van der Waals surface area contributed by atoms with Crippen molar-refractivity contribution < 1.29 is 0 Å². The van der Waals surface area contributed by atoms with Gasteiger partial charge in [-0.15, -0.1) is 0 Å². The van der Waals surface area contributed by atoms with Crippen molar-refractivity contribution in [1.82, 2.24) is 9.97 Å². The van der Waals surface area contributed by atoms with Gasteiger partial charge < -0.3 is 4.90 Å². The molecule has 1 aliphatic rings. The summed E-state index contributed by atoms with van der Waals surface area (Å²) in [6.45, 7) is 1.06. The smallest absolute Gasteiger partial charge is 0.143 e. The summed E-state index contributed by atoms with van der Waals surface area (Å²) in [6.07, 6.45) is 7.95. The maximum atomic E-state index is 4.50. The molecule has 3 nitrogen and oxygen atoms in total. The summed E-state index contributed by atoms with van der Waals surface area (Å²) in [5, 5.41) is 0. The molecule has 2 aromatic heterocycles. The quantitative estimate of drug-likeness (QED) is 0.849. The van der Waals surface area contributed by atoms with E-state index in [0.717, 1.165) is 16.8 Å². The maximum Gasteiger partial charge on any atom is 0.143 e. The molecule has 0 saturated carbocycles. The van der Waals surface area contributed by atoms with Crippen LogP contribution in [-0.4, -0.2) is 16.5 Å². The number of pyridine rings is 2. The van der Waals surface area contributed by atoms with Gasteiger partial charge in [0.05, 0.1) is 10.5 Å². The third kappa shape index (κ3) is 2.12. The van der Waals surface area contributed by atoms with Crippen molar-refractivity contribution in [2.45, 2.75) is 18.9 Å². The lowest BCUT2D eigenvalue weighted by Crippen LogP contribution is -2.23. The van der Waals surface area contributed by atoms with Crippen LogP contribution in [0.2, 0.25) is 0 Å². The second kappa shape index (κ2) is 5.06. The molecular formula is C14H14BrN3. The van der Waals surface area contributed by atoms with Crippen molar-refractivity contribution in [2.75, 3.05) is 11.4 Å². The number of hydrogen-bond acceptors (Lipinski definition) is 3. The molecule has 0 N–H and O–H groups in total. The minimum Gasteiger partial charge on any atom is -0.349 e. The summed E-state index contributed by atoms with van der Waals surface area (Å²) < 4.78 is 1.06. The van der Waals surface area contributed by atoms with Gasteiger partial charge in [-0.1, -0.05) is 0 Å². The number of nitrogens with zero attached hydrogens (tertiary/aromatic N) is 3. The highest BCUT2D eigenvalue weighted by Gasteiger charge is 2.27. The van der Waals surface area contributed by atoms with Crippen LogP contribution in [0.5, 0.6) is 0 Å². The predicted molar refractivity (Wildman–Crippen MR) is 75.5 cm³/mol. The van der Waals surface area contributed by atoms with Crippen molar-refractivity contribution in [1.29, 1.82) is 0 Å². The van der Waals surface area contributed by atoms with Gasteiger partial charge in [-0.05, 0) is 58.6 Å². The van der Waals surface area contributed by atoms with Crippen LogP contribution in [0.3, 0.4) is 0 Å². The molecule has 3 rings (SSSR count). The molecule has 3 heterocycles. The Hall–Kier alpha value is -1.42. The van der Waals surface area contributed by atoms with E-state index in [1.54, 1.807) is 0 Å². The van der Waals surface area contributed by atoms with E-state index in [2.05, 4.69) is 42.9 Å². The molecule has 0 amide bonds. The summed E-state index contributed by atoms with van der Waals surface area (Å²) in [7, 11) is 0. The number of aromatic nitrogens is 2. The van der Waals surface area contributed by atoms with Crippen molar-refractivity contribution in [3.8, 4) is 0 Å². The van der Waals surface area contributed by atoms with Gasteiger partial charge in [-0.2, -0.15) is 0 Å². The minimum absolute atomic E-state index is 0.416. The zero-order valence-corrected chi connectivity index (χ0v) is 11.5. The molecule has 0 aromatic carbocycles. The van der Waals surface area contributed by atoms with Gasteiger partial charge in [0, 0.05) is 25.1 Å². The molecule has 2 aromatic rings. The van der Waals surface area contributed by atoms with Gasteiger partial charge in [-0.25, -0.2) is 4.98 Å². The van der Waals surface area contributed by atoms with E-state index in [9.17, 15) is 0 Å². The van der Waals surface area contributed by atoms with Gasteiger partial charge in [0.25, 0.3) is 0 Å². The maximum absolute atomic E-state index is 4.50. The standard InChI is InChI=1S/C14H14BrN3/c15-12-3-1-7-17-14(12)18-10-2-4-13(18)11-5-8-16-9-6-11/h1,3,5-9,13H,2,4,10H2. The van der Waals surface area contributed by atoms with E-state index >= 15 is 0 Å². The van der Waals surface area contributed by atoms with E-state index in [-0.39, 0.29) is 0 Å².